The number of nitrogens with one attached hydrogen (secondary N) is 1. The first-order valence-corrected chi connectivity index (χ1v) is 9.27. The minimum absolute atomic E-state index is 0.0585. The zero-order valence-electron chi connectivity index (χ0n) is 14.1. The lowest BCUT2D eigenvalue weighted by atomic mass is 9.99. The first kappa shape index (κ1) is 18.0. The molecule has 26 heavy (non-hydrogen) atoms. The summed E-state index contributed by atoms with van der Waals surface area (Å²) in [4.78, 5) is 4.22. The van der Waals surface area contributed by atoms with Crippen molar-refractivity contribution in [2.24, 2.45) is 0 Å². The molecule has 0 fully saturated rings. The van der Waals surface area contributed by atoms with Crippen molar-refractivity contribution < 1.29 is 17.2 Å². The summed E-state index contributed by atoms with van der Waals surface area (Å²) >= 11 is 0. The van der Waals surface area contributed by atoms with Crippen LogP contribution in [0.2, 0.25) is 0 Å². The fraction of sp³-hybridized carbons (Fsp3) is 0.105. The number of halogens is 2. The highest BCUT2D eigenvalue weighted by atomic mass is 32.2. The Labute approximate surface area is 150 Å². The normalized spacial score (nSPS) is 11.4. The Morgan fingerprint density at radius 3 is 2.08 bits per heavy atom. The van der Waals surface area contributed by atoms with Crippen molar-refractivity contribution in [3.63, 3.8) is 0 Å². The highest BCUT2D eigenvalue weighted by Crippen LogP contribution is 2.28. The second kappa shape index (κ2) is 6.84. The lowest BCUT2D eigenvalue weighted by Crippen LogP contribution is -2.14. The number of benzene rings is 2. The molecule has 4 nitrogen and oxygen atoms in total. The lowest BCUT2D eigenvalue weighted by Gasteiger charge is -2.12. The predicted molar refractivity (Wildman–Crippen MR) is 96.3 cm³/mol. The first-order chi connectivity index (χ1) is 12.3. The Morgan fingerprint density at radius 2 is 1.46 bits per heavy atom. The molecule has 7 heteroatoms. The summed E-state index contributed by atoms with van der Waals surface area (Å²) in [5.41, 5.74) is 2.96. The quantitative estimate of drug-likeness (QED) is 0.734. The summed E-state index contributed by atoms with van der Waals surface area (Å²) < 4.78 is 53.3. The van der Waals surface area contributed by atoms with Gasteiger partial charge in [0.25, 0.3) is 10.0 Å². The van der Waals surface area contributed by atoms with Crippen molar-refractivity contribution in [3.05, 3.63) is 77.5 Å². The average Bonchev–Trinajstić information content (AvgIpc) is 2.56. The van der Waals surface area contributed by atoms with Crippen molar-refractivity contribution in [1.82, 2.24) is 4.98 Å². The number of hydrogen-bond donors (Lipinski definition) is 1. The summed E-state index contributed by atoms with van der Waals surface area (Å²) in [5.74, 6) is -0.687. The highest BCUT2D eigenvalue weighted by molar-refractivity contribution is 7.92. The second-order valence-corrected chi connectivity index (χ2v) is 7.53. The molecule has 1 aromatic heterocycles. The Kier molecular flexibility index (Phi) is 4.73. The van der Waals surface area contributed by atoms with Gasteiger partial charge in [0, 0.05) is 11.3 Å². The smallest absolute Gasteiger partial charge is 0.263 e. The molecular formula is C19H16F2N2O2S. The van der Waals surface area contributed by atoms with Crippen LogP contribution in [0, 0.1) is 25.5 Å². The van der Waals surface area contributed by atoms with E-state index in [0.717, 1.165) is 28.8 Å². The van der Waals surface area contributed by atoms with Crippen molar-refractivity contribution in [3.8, 4) is 11.1 Å². The number of aromatic nitrogens is 1. The van der Waals surface area contributed by atoms with Gasteiger partial charge in [0.1, 0.15) is 17.5 Å². The van der Waals surface area contributed by atoms with Crippen LogP contribution < -0.4 is 4.72 Å². The predicted octanol–water partition coefficient (Wildman–Crippen LogP) is 4.44. The van der Waals surface area contributed by atoms with E-state index in [0.29, 0.717) is 5.69 Å². The molecule has 0 saturated heterocycles. The van der Waals surface area contributed by atoms with Crippen LogP contribution >= 0.6 is 0 Å². The molecule has 0 bridgehead atoms. The van der Waals surface area contributed by atoms with Gasteiger partial charge in [-0.15, -0.1) is 0 Å². The van der Waals surface area contributed by atoms with Gasteiger partial charge in [-0.25, -0.2) is 22.2 Å². The fourth-order valence-electron chi connectivity index (χ4n) is 2.64. The molecule has 0 aliphatic heterocycles. The van der Waals surface area contributed by atoms with E-state index in [1.807, 2.05) is 0 Å². The van der Waals surface area contributed by atoms with Gasteiger partial charge in [-0.3, -0.25) is 4.72 Å². The van der Waals surface area contributed by atoms with Crippen LogP contribution in [-0.2, 0) is 10.0 Å². The maximum absolute atomic E-state index is 13.3. The molecule has 3 aromatic rings. The summed E-state index contributed by atoms with van der Waals surface area (Å²) in [5, 5.41) is 0. The number of nitrogens with zero attached hydrogens (tertiary/aromatic N) is 1. The molecular weight excluding hydrogens is 358 g/mol. The molecule has 2 aromatic carbocycles. The number of sulfonamides is 1. The third-order valence-corrected chi connectivity index (χ3v) is 5.30. The molecule has 134 valence electrons. The van der Waals surface area contributed by atoms with E-state index in [4.69, 9.17) is 0 Å². The van der Waals surface area contributed by atoms with Gasteiger partial charge in [-0.2, -0.15) is 0 Å². The van der Waals surface area contributed by atoms with Crippen LogP contribution in [0.4, 0.5) is 14.6 Å². The van der Waals surface area contributed by atoms with E-state index >= 15 is 0 Å². The standard InChI is InChI=1S/C19H16F2N2O2S/c1-12-11-15(21)5-8-17(12)18-9-10-19(22-13(18)2)23-26(24,25)16-6-3-14(20)4-7-16/h3-11H,1-2H3,(H,22,23). The Balaban J connectivity index is 1.91. The summed E-state index contributed by atoms with van der Waals surface area (Å²) in [6.07, 6.45) is 0. The van der Waals surface area contributed by atoms with Gasteiger partial charge in [0.15, 0.2) is 0 Å². The third kappa shape index (κ3) is 3.72. The summed E-state index contributed by atoms with van der Waals surface area (Å²) in [7, 11) is -3.87. The van der Waals surface area contributed by atoms with Crippen LogP contribution in [-0.4, -0.2) is 13.4 Å². The van der Waals surface area contributed by atoms with Gasteiger partial charge in [-0.05, 0) is 73.5 Å². The molecule has 0 aliphatic rings. The van der Waals surface area contributed by atoms with Gasteiger partial charge in [-0.1, -0.05) is 6.07 Å². The lowest BCUT2D eigenvalue weighted by molar-refractivity contribution is 0.599. The zero-order chi connectivity index (χ0) is 18.9. The van der Waals surface area contributed by atoms with Crippen LogP contribution in [0.25, 0.3) is 11.1 Å². The van der Waals surface area contributed by atoms with Crippen molar-refractivity contribution in [1.29, 1.82) is 0 Å². The van der Waals surface area contributed by atoms with Crippen molar-refractivity contribution >= 4 is 15.8 Å². The van der Waals surface area contributed by atoms with E-state index in [9.17, 15) is 17.2 Å². The van der Waals surface area contributed by atoms with Crippen LogP contribution in [0.15, 0.2) is 59.5 Å². The van der Waals surface area contributed by atoms with Gasteiger partial charge >= 0.3 is 0 Å². The number of anilines is 1. The molecule has 0 amide bonds. The largest absolute Gasteiger partial charge is 0.263 e. The summed E-state index contributed by atoms with van der Waals surface area (Å²) in [6.45, 7) is 3.54. The number of aryl methyl sites for hydroxylation is 2. The molecule has 0 atom stereocenters. The van der Waals surface area contributed by atoms with Crippen LogP contribution in [0.5, 0.6) is 0 Å². The minimum atomic E-state index is -3.87. The van der Waals surface area contributed by atoms with Crippen LogP contribution in [0.3, 0.4) is 0 Å². The van der Waals surface area contributed by atoms with E-state index in [1.165, 1.54) is 30.3 Å². The maximum Gasteiger partial charge on any atom is 0.263 e. The molecule has 0 unspecified atom stereocenters. The molecule has 0 spiro atoms. The average molecular weight is 374 g/mol. The van der Waals surface area contributed by atoms with E-state index in [-0.39, 0.29) is 16.5 Å². The highest BCUT2D eigenvalue weighted by Gasteiger charge is 2.16. The first-order valence-electron chi connectivity index (χ1n) is 7.79. The Hall–Kier alpha value is -2.80. The van der Waals surface area contributed by atoms with Gasteiger partial charge in [0.05, 0.1) is 4.90 Å². The molecule has 3 rings (SSSR count). The number of pyridine rings is 1. The molecule has 0 saturated carbocycles. The number of hydrogen-bond acceptors (Lipinski definition) is 3. The minimum Gasteiger partial charge on any atom is -0.263 e. The van der Waals surface area contributed by atoms with Crippen LogP contribution in [0.1, 0.15) is 11.3 Å². The van der Waals surface area contributed by atoms with E-state index < -0.39 is 15.8 Å². The van der Waals surface area contributed by atoms with Crippen molar-refractivity contribution in [2.75, 3.05) is 4.72 Å². The summed E-state index contributed by atoms with van der Waals surface area (Å²) in [6, 6.07) is 12.2. The Morgan fingerprint density at radius 1 is 0.846 bits per heavy atom. The molecule has 1 heterocycles. The van der Waals surface area contributed by atoms with E-state index in [2.05, 4.69) is 9.71 Å². The second-order valence-electron chi connectivity index (χ2n) is 5.85. The molecule has 0 aliphatic carbocycles. The SMILES string of the molecule is Cc1cc(F)ccc1-c1ccc(NS(=O)(=O)c2ccc(F)cc2)nc1C. The third-order valence-electron chi connectivity index (χ3n) is 3.93. The zero-order valence-corrected chi connectivity index (χ0v) is 14.9. The number of rotatable bonds is 4. The van der Waals surface area contributed by atoms with E-state index in [1.54, 1.807) is 26.0 Å². The van der Waals surface area contributed by atoms with Crippen molar-refractivity contribution in [2.45, 2.75) is 18.7 Å². The van der Waals surface area contributed by atoms with Gasteiger partial charge in [0.2, 0.25) is 0 Å². The molecule has 1 N–H and O–H groups in total. The van der Waals surface area contributed by atoms with Gasteiger partial charge < -0.3 is 0 Å². The topological polar surface area (TPSA) is 59.1 Å². The molecule has 0 radical (unpaired) electrons. The fourth-order valence-corrected chi connectivity index (χ4v) is 3.64. The maximum atomic E-state index is 13.3. The Bertz CT molecular complexity index is 1070. The monoisotopic (exact) mass is 374 g/mol.